The summed E-state index contributed by atoms with van der Waals surface area (Å²) >= 11 is 0. The van der Waals surface area contributed by atoms with Gasteiger partial charge in [0.05, 0.1) is 12.0 Å². The molecule has 8 heteroatoms. The van der Waals surface area contributed by atoms with Crippen LogP contribution < -0.4 is 0 Å². The van der Waals surface area contributed by atoms with Gasteiger partial charge in [-0.2, -0.15) is 0 Å². The van der Waals surface area contributed by atoms with Crippen molar-refractivity contribution in [1.82, 2.24) is 4.98 Å². The smallest absolute Gasteiger partial charge is 0.342 e. The zero-order chi connectivity index (χ0) is 16.6. The van der Waals surface area contributed by atoms with E-state index in [0.29, 0.717) is 5.56 Å². The first-order chi connectivity index (χ1) is 11.0. The van der Waals surface area contributed by atoms with Crippen LogP contribution in [0.3, 0.4) is 0 Å². The minimum absolute atomic E-state index is 0.0711. The molecule has 1 heterocycles. The Hall–Kier alpha value is -3.29. The zero-order valence-electron chi connectivity index (χ0n) is 11.8. The average Bonchev–Trinajstić information content (AvgIpc) is 2.97. The molecule has 0 aliphatic carbocycles. The van der Waals surface area contributed by atoms with E-state index in [4.69, 9.17) is 4.42 Å². The van der Waals surface area contributed by atoms with Crippen LogP contribution in [0.2, 0.25) is 0 Å². The van der Waals surface area contributed by atoms with E-state index in [1.165, 1.54) is 30.3 Å². The van der Waals surface area contributed by atoms with Crippen LogP contribution in [0.15, 0.2) is 40.8 Å². The maximum atomic E-state index is 13.0. The van der Waals surface area contributed by atoms with E-state index in [1.807, 2.05) is 0 Å². The lowest BCUT2D eigenvalue weighted by atomic mass is 10.1. The van der Waals surface area contributed by atoms with Crippen LogP contribution in [0.4, 0.5) is 10.1 Å². The number of rotatable bonds is 3. The molecule has 0 fully saturated rings. The lowest BCUT2D eigenvalue weighted by Crippen LogP contribution is -2.02. The number of methoxy groups -OCH3 is 1. The molecule has 0 aliphatic rings. The number of carbonyl (C=O) groups is 1. The van der Waals surface area contributed by atoms with Gasteiger partial charge in [-0.1, -0.05) is 0 Å². The van der Waals surface area contributed by atoms with Gasteiger partial charge in [0.25, 0.3) is 5.69 Å². The number of fused-ring (bicyclic) bond motifs is 1. The molecule has 3 aromatic rings. The van der Waals surface area contributed by atoms with Crippen molar-refractivity contribution >= 4 is 22.8 Å². The van der Waals surface area contributed by atoms with E-state index in [2.05, 4.69) is 9.72 Å². The van der Waals surface area contributed by atoms with Crippen LogP contribution in [-0.2, 0) is 4.74 Å². The third kappa shape index (κ3) is 2.61. The summed E-state index contributed by atoms with van der Waals surface area (Å²) in [5.74, 6) is -1.08. The lowest BCUT2D eigenvalue weighted by molar-refractivity contribution is -0.384. The Morgan fingerprint density at radius 2 is 2.00 bits per heavy atom. The summed E-state index contributed by atoms with van der Waals surface area (Å²) < 4.78 is 23.1. The van der Waals surface area contributed by atoms with Gasteiger partial charge in [0, 0.05) is 17.7 Å². The third-order valence-corrected chi connectivity index (χ3v) is 3.18. The minimum atomic E-state index is -0.777. The van der Waals surface area contributed by atoms with Crippen molar-refractivity contribution in [3.63, 3.8) is 0 Å². The van der Waals surface area contributed by atoms with E-state index in [-0.39, 0.29) is 28.2 Å². The molecular formula is C15H9FN2O5. The predicted molar refractivity (Wildman–Crippen MR) is 77.4 cm³/mol. The molecule has 2 aromatic carbocycles. The molecule has 3 rings (SSSR count). The molecule has 0 radical (unpaired) electrons. The Morgan fingerprint density at radius 3 is 2.61 bits per heavy atom. The van der Waals surface area contributed by atoms with Gasteiger partial charge >= 0.3 is 5.97 Å². The van der Waals surface area contributed by atoms with E-state index in [0.717, 1.165) is 13.2 Å². The van der Waals surface area contributed by atoms with Crippen molar-refractivity contribution in [1.29, 1.82) is 0 Å². The van der Waals surface area contributed by atoms with E-state index < -0.39 is 16.7 Å². The van der Waals surface area contributed by atoms with Crippen molar-refractivity contribution in [2.45, 2.75) is 0 Å². The minimum Gasteiger partial charge on any atom is -0.465 e. The van der Waals surface area contributed by atoms with Crippen LogP contribution in [0.1, 0.15) is 10.4 Å². The van der Waals surface area contributed by atoms with Gasteiger partial charge in [0.2, 0.25) is 5.89 Å². The Kier molecular flexibility index (Phi) is 3.49. The van der Waals surface area contributed by atoms with Gasteiger partial charge < -0.3 is 9.15 Å². The highest BCUT2D eigenvalue weighted by Crippen LogP contribution is 2.30. The van der Waals surface area contributed by atoms with Gasteiger partial charge in [0.15, 0.2) is 5.58 Å². The first-order valence-corrected chi connectivity index (χ1v) is 6.43. The fourth-order valence-electron chi connectivity index (χ4n) is 2.10. The maximum absolute atomic E-state index is 13.0. The first kappa shape index (κ1) is 14.6. The molecule has 0 spiro atoms. The fraction of sp³-hybridized carbons (Fsp3) is 0.0667. The molecule has 0 aliphatic heterocycles. The summed E-state index contributed by atoms with van der Waals surface area (Å²) in [5, 5.41) is 11.0. The van der Waals surface area contributed by atoms with Crippen LogP contribution in [0.5, 0.6) is 0 Å². The first-order valence-electron chi connectivity index (χ1n) is 6.43. The van der Waals surface area contributed by atoms with Crippen molar-refractivity contribution < 1.29 is 23.3 Å². The predicted octanol–water partition coefficient (Wildman–Crippen LogP) is 3.33. The summed E-state index contributed by atoms with van der Waals surface area (Å²) in [4.78, 5) is 26.3. The molecule has 0 unspecified atom stereocenters. The van der Waals surface area contributed by atoms with Crippen LogP contribution >= 0.6 is 0 Å². The lowest BCUT2D eigenvalue weighted by Gasteiger charge is -1.99. The second-order valence-corrected chi connectivity index (χ2v) is 4.62. The number of aromatic nitrogens is 1. The largest absolute Gasteiger partial charge is 0.465 e. The van der Waals surface area contributed by atoms with Crippen molar-refractivity contribution in [3.05, 3.63) is 57.9 Å². The number of benzene rings is 2. The third-order valence-electron chi connectivity index (χ3n) is 3.18. The van der Waals surface area contributed by atoms with E-state index >= 15 is 0 Å². The molecule has 0 N–H and O–H groups in total. The number of nitro groups is 1. The van der Waals surface area contributed by atoms with E-state index in [9.17, 15) is 19.3 Å². The van der Waals surface area contributed by atoms with E-state index in [1.54, 1.807) is 0 Å². The topological polar surface area (TPSA) is 95.5 Å². The van der Waals surface area contributed by atoms with Gasteiger partial charge in [-0.25, -0.2) is 14.2 Å². The Labute approximate surface area is 128 Å². The molecule has 1 aromatic heterocycles. The molecule has 0 atom stereocenters. The quantitative estimate of drug-likeness (QED) is 0.418. The molecule has 7 nitrogen and oxygen atoms in total. The number of non-ortho nitro benzene ring substituents is 1. The highest BCUT2D eigenvalue weighted by Gasteiger charge is 2.22. The zero-order valence-corrected chi connectivity index (χ0v) is 11.8. The number of nitro benzene ring substituents is 1. The summed E-state index contributed by atoms with van der Waals surface area (Å²) in [5.41, 5.74) is 0.274. The maximum Gasteiger partial charge on any atom is 0.342 e. The second-order valence-electron chi connectivity index (χ2n) is 4.62. The Bertz CT molecular complexity index is 918. The molecule has 0 saturated heterocycles. The average molecular weight is 316 g/mol. The number of hydrogen-bond donors (Lipinski definition) is 0. The van der Waals surface area contributed by atoms with Crippen LogP contribution in [0, 0.1) is 15.9 Å². The van der Waals surface area contributed by atoms with Crippen LogP contribution in [-0.4, -0.2) is 23.0 Å². The molecular weight excluding hydrogens is 307 g/mol. The van der Waals surface area contributed by atoms with Gasteiger partial charge in [-0.15, -0.1) is 0 Å². The molecule has 0 amide bonds. The molecule has 0 saturated carbocycles. The number of nitrogens with zero attached hydrogens (tertiary/aromatic N) is 2. The molecule has 23 heavy (non-hydrogen) atoms. The summed E-state index contributed by atoms with van der Waals surface area (Å²) in [7, 11) is 1.16. The summed E-state index contributed by atoms with van der Waals surface area (Å²) in [6, 6.07) is 7.62. The SMILES string of the molecule is COC(=O)c1cc([N+](=O)[O-])cc2nc(-c3ccc(F)cc3)oc12. The van der Waals surface area contributed by atoms with Crippen molar-refractivity contribution in [2.24, 2.45) is 0 Å². The number of ether oxygens (including phenoxy) is 1. The molecule has 116 valence electrons. The van der Waals surface area contributed by atoms with Crippen LogP contribution in [0.25, 0.3) is 22.6 Å². The normalized spacial score (nSPS) is 10.7. The fourth-order valence-corrected chi connectivity index (χ4v) is 2.10. The highest BCUT2D eigenvalue weighted by atomic mass is 19.1. The standard InChI is InChI=1S/C15H9FN2O5/c1-22-15(19)11-6-10(18(20)21)7-12-13(11)23-14(17-12)8-2-4-9(16)5-3-8/h2-7H,1H3. The Balaban J connectivity index is 2.23. The number of carbonyl (C=O) groups excluding carboxylic acids is 1. The monoisotopic (exact) mass is 316 g/mol. The highest BCUT2D eigenvalue weighted by molar-refractivity contribution is 6.02. The second kappa shape index (κ2) is 5.48. The molecule has 0 bridgehead atoms. The summed E-state index contributed by atoms with van der Waals surface area (Å²) in [6.07, 6.45) is 0. The van der Waals surface area contributed by atoms with Crippen molar-refractivity contribution in [3.8, 4) is 11.5 Å². The van der Waals surface area contributed by atoms with Gasteiger partial charge in [-0.05, 0) is 24.3 Å². The summed E-state index contributed by atoms with van der Waals surface area (Å²) in [6.45, 7) is 0. The van der Waals surface area contributed by atoms with Crippen molar-refractivity contribution in [2.75, 3.05) is 7.11 Å². The van der Waals surface area contributed by atoms with Gasteiger partial charge in [-0.3, -0.25) is 10.1 Å². The van der Waals surface area contributed by atoms with Gasteiger partial charge in [0.1, 0.15) is 16.9 Å². The Morgan fingerprint density at radius 1 is 1.30 bits per heavy atom. The number of halogens is 1. The number of esters is 1. The number of hydrogen-bond acceptors (Lipinski definition) is 6. The number of oxazole rings is 1.